The van der Waals surface area contributed by atoms with Gasteiger partial charge < -0.3 is 10.5 Å². The van der Waals surface area contributed by atoms with Gasteiger partial charge in [0, 0.05) is 30.4 Å². The van der Waals surface area contributed by atoms with Gasteiger partial charge in [0.25, 0.3) is 0 Å². The van der Waals surface area contributed by atoms with Gasteiger partial charge in [-0.2, -0.15) is 0 Å². The lowest BCUT2D eigenvalue weighted by atomic mass is 10.0. The molecular formula is C15H16N2O. The van der Waals surface area contributed by atoms with Crippen LogP contribution in [-0.2, 0) is 6.42 Å². The fourth-order valence-corrected chi connectivity index (χ4v) is 2.41. The van der Waals surface area contributed by atoms with Crippen LogP contribution in [0.5, 0.6) is 5.75 Å². The first-order chi connectivity index (χ1) is 8.78. The highest BCUT2D eigenvalue weighted by Gasteiger charge is 2.24. The number of hydrogen-bond acceptors (Lipinski definition) is 3. The van der Waals surface area contributed by atoms with E-state index < -0.39 is 0 Å². The van der Waals surface area contributed by atoms with Gasteiger partial charge in [0.15, 0.2) is 0 Å². The maximum absolute atomic E-state index is 5.94. The highest BCUT2D eigenvalue weighted by Crippen LogP contribution is 2.38. The first kappa shape index (κ1) is 11.2. The number of hydrogen-bond donors (Lipinski definition) is 1. The Morgan fingerprint density at radius 3 is 3.06 bits per heavy atom. The van der Waals surface area contributed by atoms with Gasteiger partial charge in [-0.15, -0.1) is 0 Å². The smallest absolute Gasteiger partial charge is 0.130 e. The van der Waals surface area contributed by atoms with Crippen molar-refractivity contribution in [1.82, 2.24) is 4.98 Å². The number of fused-ring (bicyclic) bond motifs is 1. The van der Waals surface area contributed by atoms with Crippen molar-refractivity contribution in [2.45, 2.75) is 19.4 Å². The zero-order valence-electron chi connectivity index (χ0n) is 10.4. The quantitative estimate of drug-likeness (QED) is 0.876. The van der Waals surface area contributed by atoms with E-state index in [9.17, 15) is 0 Å². The highest BCUT2D eigenvalue weighted by atomic mass is 16.5. The number of ether oxygens (including phenoxy) is 1. The fraction of sp³-hybridized carbons (Fsp3) is 0.267. The number of pyridine rings is 1. The van der Waals surface area contributed by atoms with Crippen molar-refractivity contribution in [1.29, 1.82) is 0 Å². The molecule has 0 amide bonds. The summed E-state index contributed by atoms with van der Waals surface area (Å²) >= 11 is 0. The van der Waals surface area contributed by atoms with Crippen LogP contribution in [0.4, 0.5) is 0 Å². The van der Waals surface area contributed by atoms with Crippen LogP contribution in [0.25, 0.3) is 11.1 Å². The molecule has 3 nitrogen and oxygen atoms in total. The Kier molecular flexibility index (Phi) is 2.76. The number of rotatable bonds is 2. The molecule has 3 rings (SSSR count). The lowest BCUT2D eigenvalue weighted by molar-refractivity contribution is 0.242. The van der Waals surface area contributed by atoms with Crippen LogP contribution in [0.2, 0.25) is 0 Å². The summed E-state index contributed by atoms with van der Waals surface area (Å²) in [6.07, 6.45) is 2.85. The van der Waals surface area contributed by atoms with E-state index >= 15 is 0 Å². The summed E-state index contributed by atoms with van der Waals surface area (Å²) in [7, 11) is 0. The fourth-order valence-electron chi connectivity index (χ4n) is 2.41. The van der Waals surface area contributed by atoms with Crippen molar-refractivity contribution >= 4 is 0 Å². The minimum absolute atomic E-state index is 0.115. The monoisotopic (exact) mass is 240 g/mol. The predicted molar refractivity (Wildman–Crippen MR) is 71.6 cm³/mol. The molecule has 92 valence electrons. The van der Waals surface area contributed by atoms with Gasteiger partial charge in [-0.3, -0.25) is 4.98 Å². The van der Waals surface area contributed by atoms with E-state index in [1.54, 1.807) is 0 Å². The molecule has 1 aromatic carbocycles. The Morgan fingerprint density at radius 2 is 2.28 bits per heavy atom. The van der Waals surface area contributed by atoms with E-state index in [1.807, 2.05) is 19.2 Å². The summed E-state index contributed by atoms with van der Waals surface area (Å²) in [5.41, 5.74) is 10.2. The molecular weight excluding hydrogens is 224 g/mol. The summed E-state index contributed by atoms with van der Waals surface area (Å²) in [5.74, 6) is 0.985. The van der Waals surface area contributed by atoms with Gasteiger partial charge in [0.2, 0.25) is 0 Å². The third-order valence-corrected chi connectivity index (χ3v) is 3.30. The Hall–Kier alpha value is -1.87. The maximum atomic E-state index is 5.94. The second-order valence-corrected chi connectivity index (χ2v) is 4.66. The van der Waals surface area contributed by atoms with Crippen molar-refractivity contribution in [2.75, 3.05) is 6.54 Å². The summed E-state index contributed by atoms with van der Waals surface area (Å²) < 4.78 is 5.94. The number of benzene rings is 1. The summed E-state index contributed by atoms with van der Waals surface area (Å²) in [6, 6.07) is 10.4. The summed E-state index contributed by atoms with van der Waals surface area (Å²) in [4.78, 5) is 4.23. The SMILES string of the molecule is Cc1cc(-c2cccc3c2OC(CN)C3)ccn1. The molecule has 3 heteroatoms. The zero-order valence-corrected chi connectivity index (χ0v) is 10.4. The molecule has 1 aromatic heterocycles. The average Bonchev–Trinajstić information content (AvgIpc) is 2.81. The third kappa shape index (κ3) is 1.87. The first-order valence-corrected chi connectivity index (χ1v) is 6.19. The molecule has 0 saturated heterocycles. The number of nitrogens with zero attached hydrogens (tertiary/aromatic N) is 1. The minimum Gasteiger partial charge on any atom is -0.488 e. The van der Waals surface area contributed by atoms with E-state index in [2.05, 4.69) is 29.2 Å². The van der Waals surface area contributed by atoms with Crippen molar-refractivity contribution in [3.05, 3.63) is 47.8 Å². The molecule has 0 radical (unpaired) electrons. The molecule has 0 fully saturated rings. The van der Waals surface area contributed by atoms with E-state index in [1.165, 1.54) is 5.56 Å². The van der Waals surface area contributed by atoms with Crippen LogP contribution in [0.3, 0.4) is 0 Å². The van der Waals surface area contributed by atoms with Crippen molar-refractivity contribution in [3.63, 3.8) is 0 Å². The van der Waals surface area contributed by atoms with Gasteiger partial charge >= 0.3 is 0 Å². The van der Waals surface area contributed by atoms with E-state index in [-0.39, 0.29) is 6.10 Å². The second kappa shape index (κ2) is 4.42. The van der Waals surface area contributed by atoms with Crippen LogP contribution in [0.15, 0.2) is 36.5 Å². The first-order valence-electron chi connectivity index (χ1n) is 6.19. The molecule has 2 aromatic rings. The van der Waals surface area contributed by atoms with Crippen molar-refractivity contribution in [3.8, 4) is 16.9 Å². The van der Waals surface area contributed by atoms with Crippen LogP contribution in [0, 0.1) is 6.92 Å². The van der Waals surface area contributed by atoms with Crippen LogP contribution in [-0.4, -0.2) is 17.6 Å². The van der Waals surface area contributed by atoms with Gasteiger partial charge in [-0.25, -0.2) is 0 Å². The molecule has 18 heavy (non-hydrogen) atoms. The molecule has 2 N–H and O–H groups in total. The summed E-state index contributed by atoms with van der Waals surface area (Å²) in [5, 5.41) is 0. The largest absolute Gasteiger partial charge is 0.488 e. The number of aryl methyl sites for hydroxylation is 1. The van der Waals surface area contributed by atoms with Crippen LogP contribution >= 0.6 is 0 Å². The van der Waals surface area contributed by atoms with Gasteiger partial charge in [-0.05, 0) is 30.2 Å². The van der Waals surface area contributed by atoms with E-state index in [0.29, 0.717) is 6.54 Å². The number of nitrogens with two attached hydrogens (primary N) is 1. The normalized spacial score (nSPS) is 17.3. The van der Waals surface area contributed by atoms with Crippen LogP contribution < -0.4 is 10.5 Å². The van der Waals surface area contributed by atoms with Crippen molar-refractivity contribution in [2.24, 2.45) is 5.73 Å². The van der Waals surface area contributed by atoms with Gasteiger partial charge in [-0.1, -0.05) is 18.2 Å². The molecule has 0 spiro atoms. The summed E-state index contributed by atoms with van der Waals surface area (Å²) in [6.45, 7) is 2.56. The Morgan fingerprint density at radius 1 is 1.39 bits per heavy atom. The van der Waals surface area contributed by atoms with Crippen molar-refractivity contribution < 1.29 is 4.74 Å². The van der Waals surface area contributed by atoms with Crippen LogP contribution in [0.1, 0.15) is 11.3 Å². The molecule has 0 aliphatic carbocycles. The second-order valence-electron chi connectivity index (χ2n) is 4.66. The molecule has 0 saturated carbocycles. The standard InChI is InChI=1S/C15H16N2O/c1-10-7-11(5-6-17-10)14-4-2-3-12-8-13(9-16)18-15(12)14/h2-7,13H,8-9,16H2,1H3. The number of aromatic nitrogens is 1. The molecule has 1 aliphatic heterocycles. The Labute approximate surface area is 107 Å². The topological polar surface area (TPSA) is 48.1 Å². The average molecular weight is 240 g/mol. The Balaban J connectivity index is 2.08. The zero-order chi connectivity index (χ0) is 12.5. The predicted octanol–water partition coefficient (Wildman–Crippen LogP) is 2.32. The molecule has 1 atom stereocenters. The minimum atomic E-state index is 0.115. The third-order valence-electron chi connectivity index (χ3n) is 3.30. The molecule has 1 aliphatic rings. The highest BCUT2D eigenvalue weighted by molar-refractivity contribution is 5.73. The maximum Gasteiger partial charge on any atom is 0.130 e. The molecule has 2 heterocycles. The Bertz CT molecular complexity index is 580. The lowest BCUT2D eigenvalue weighted by Gasteiger charge is -2.11. The molecule has 1 unspecified atom stereocenters. The van der Waals surface area contributed by atoms with Gasteiger partial charge in [0.05, 0.1) is 0 Å². The van der Waals surface area contributed by atoms with E-state index in [0.717, 1.165) is 29.0 Å². The van der Waals surface area contributed by atoms with E-state index in [4.69, 9.17) is 10.5 Å². The molecule has 0 bridgehead atoms. The number of para-hydroxylation sites is 1. The van der Waals surface area contributed by atoms with Gasteiger partial charge in [0.1, 0.15) is 11.9 Å². The lowest BCUT2D eigenvalue weighted by Crippen LogP contribution is -2.24.